The number of hydrogen-bond donors (Lipinski definition) is 2. The average Bonchev–Trinajstić information content (AvgIpc) is 2.24. The topological polar surface area (TPSA) is 69.6 Å². The summed E-state index contributed by atoms with van der Waals surface area (Å²) in [4.78, 5) is 24.4. The van der Waals surface area contributed by atoms with E-state index >= 15 is 0 Å². The highest BCUT2D eigenvalue weighted by molar-refractivity contribution is 5.74. The lowest BCUT2D eigenvalue weighted by Crippen LogP contribution is -2.46. The molecule has 2 amide bonds. The van der Waals surface area contributed by atoms with Crippen molar-refractivity contribution in [3.05, 3.63) is 0 Å². The van der Waals surface area contributed by atoms with Crippen molar-refractivity contribution in [2.45, 2.75) is 53.5 Å². The predicted molar refractivity (Wildman–Crippen MR) is 76.1 cm³/mol. The first-order valence-electron chi connectivity index (χ1n) is 6.99. The Morgan fingerprint density at radius 3 is 1.89 bits per heavy atom. The van der Waals surface area contributed by atoms with Gasteiger partial charge in [0.2, 0.25) is 0 Å². The largest absolute Gasteiger partial charge is 0.481 e. The fourth-order valence-corrected chi connectivity index (χ4v) is 1.84. The van der Waals surface area contributed by atoms with E-state index in [-0.39, 0.29) is 18.5 Å². The van der Waals surface area contributed by atoms with E-state index in [1.54, 1.807) is 0 Å². The molecular formula is C14H28N2O3. The van der Waals surface area contributed by atoms with Crippen molar-refractivity contribution in [2.24, 2.45) is 11.8 Å². The molecule has 0 spiro atoms. The molecule has 0 aromatic heterocycles. The number of amides is 2. The van der Waals surface area contributed by atoms with Crippen molar-refractivity contribution in [3.63, 3.8) is 0 Å². The number of rotatable bonds is 8. The Kier molecular flexibility index (Phi) is 8.19. The minimum atomic E-state index is -0.831. The van der Waals surface area contributed by atoms with Gasteiger partial charge in [-0.1, -0.05) is 27.7 Å². The van der Waals surface area contributed by atoms with Crippen LogP contribution in [0.2, 0.25) is 0 Å². The summed E-state index contributed by atoms with van der Waals surface area (Å²) in [6.07, 6.45) is 0.536. The number of carboxylic acid groups (broad SMARTS) is 1. The second kappa shape index (κ2) is 8.77. The Bertz CT molecular complexity index is 280. The Morgan fingerprint density at radius 1 is 1.05 bits per heavy atom. The maximum atomic E-state index is 12.1. The van der Waals surface area contributed by atoms with Crippen LogP contribution in [0, 0.1) is 11.8 Å². The Labute approximate surface area is 116 Å². The van der Waals surface area contributed by atoms with Crippen molar-refractivity contribution < 1.29 is 14.7 Å². The molecule has 19 heavy (non-hydrogen) atoms. The van der Waals surface area contributed by atoms with Crippen LogP contribution in [-0.4, -0.2) is 41.1 Å². The summed E-state index contributed by atoms with van der Waals surface area (Å²) in [6.45, 7) is 11.6. The summed E-state index contributed by atoms with van der Waals surface area (Å²) in [6, 6.07) is -0.217. The molecule has 0 rings (SSSR count). The number of hydrogen-bond acceptors (Lipinski definition) is 2. The first-order valence-corrected chi connectivity index (χ1v) is 6.99. The van der Waals surface area contributed by atoms with Crippen LogP contribution < -0.4 is 5.32 Å². The van der Waals surface area contributed by atoms with Gasteiger partial charge in [-0.15, -0.1) is 0 Å². The van der Waals surface area contributed by atoms with Crippen molar-refractivity contribution in [1.82, 2.24) is 10.2 Å². The number of carboxylic acids is 1. The van der Waals surface area contributed by atoms with Gasteiger partial charge in [-0.25, -0.2) is 4.79 Å². The molecule has 0 radical (unpaired) electrons. The highest BCUT2D eigenvalue weighted by Crippen LogP contribution is 2.05. The molecule has 1 atom stereocenters. The molecule has 0 aliphatic heterocycles. The van der Waals surface area contributed by atoms with E-state index in [4.69, 9.17) is 5.11 Å². The Morgan fingerprint density at radius 2 is 1.53 bits per heavy atom. The zero-order chi connectivity index (χ0) is 15.0. The number of carbonyl (C=O) groups excluding carboxylic acids is 1. The number of nitrogens with zero attached hydrogens (tertiary/aromatic N) is 1. The zero-order valence-electron chi connectivity index (χ0n) is 12.8. The second-order valence-corrected chi connectivity index (χ2v) is 5.98. The molecule has 0 heterocycles. The Balaban J connectivity index is 4.33. The third kappa shape index (κ3) is 9.33. The molecule has 0 aromatic carbocycles. The van der Waals surface area contributed by atoms with E-state index in [0.29, 0.717) is 18.3 Å². The van der Waals surface area contributed by atoms with Crippen LogP contribution in [0.3, 0.4) is 0 Å². The number of urea groups is 1. The van der Waals surface area contributed by atoms with Crippen LogP contribution in [0.5, 0.6) is 0 Å². The molecule has 0 saturated heterocycles. The highest BCUT2D eigenvalue weighted by atomic mass is 16.4. The molecule has 5 heteroatoms. The third-order valence-corrected chi connectivity index (χ3v) is 2.62. The van der Waals surface area contributed by atoms with Gasteiger partial charge >= 0.3 is 12.0 Å². The van der Waals surface area contributed by atoms with Crippen LogP contribution in [0.25, 0.3) is 0 Å². The molecule has 0 aliphatic rings. The molecule has 0 fully saturated rings. The minimum Gasteiger partial charge on any atom is -0.481 e. The number of aliphatic carboxylic acids is 1. The molecule has 2 N–H and O–H groups in total. The van der Waals surface area contributed by atoms with Crippen molar-refractivity contribution >= 4 is 12.0 Å². The van der Waals surface area contributed by atoms with E-state index in [9.17, 15) is 9.59 Å². The SMILES string of the molecule is CC(C)CN(CC(C)C)C(=O)NC(C)CCC(=O)O. The van der Waals surface area contributed by atoms with Crippen LogP contribution in [-0.2, 0) is 4.79 Å². The fraction of sp³-hybridized carbons (Fsp3) is 0.857. The van der Waals surface area contributed by atoms with Gasteiger partial charge in [-0.05, 0) is 25.2 Å². The summed E-state index contributed by atoms with van der Waals surface area (Å²) in [7, 11) is 0. The van der Waals surface area contributed by atoms with Crippen molar-refractivity contribution in [2.75, 3.05) is 13.1 Å². The number of carbonyl (C=O) groups is 2. The van der Waals surface area contributed by atoms with Crippen LogP contribution in [0.4, 0.5) is 4.79 Å². The summed E-state index contributed by atoms with van der Waals surface area (Å²) >= 11 is 0. The fourth-order valence-electron chi connectivity index (χ4n) is 1.84. The molecule has 1 unspecified atom stereocenters. The van der Waals surface area contributed by atoms with Gasteiger partial charge in [0.25, 0.3) is 0 Å². The minimum absolute atomic E-state index is 0.0792. The second-order valence-electron chi connectivity index (χ2n) is 5.98. The predicted octanol–water partition coefficient (Wildman–Crippen LogP) is 2.56. The maximum Gasteiger partial charge on any atom is 0.317 e. The summed E-state index contributed by atoms with van der Waals surface area (Å²) < 4.78 is 0. The molecule has 0 aliphatic carbocycles. The van der Waals surface area contributed by atoms with Crippen LogP contribution in [0.15, 0.2) is 0 Å². The van der Waals surface area contributed by atoms with E-state index in [2.05, 4.69) is 33.0 Å². The summed E-state index contributed by atoms with van der Waals surface area (Å²) in [5.41, 5.74) is 0. The van der Waals surface area contributed by atoms with E-state index in [0.717, 1.165) is 13.1 Å². The van der Waals surface area contributed by atoms with Gasteiger partial charge in [0.15, 0.2) is 0 Å². The maximum absolute atomic E-state index is 12.1. The first kappa shape index (κ1) is 17.7. The highest BCUT2D eigenvalue weighted by Gasteiger charge is 2.18. The smallest absolute Gasteiger partial charge is 0.317 e. The molecule has 5 nitrogen and oxygen atoms in total. The van der Waals surface area contributed by atoms with Gasteiger partial charge in [-0.3, -0.25) is 4.79 Å². The monoisotopic (exact) mass is 272 g/mol. The zero-order valence-corrected chi connectivity index (χ0v) is 12.8. The van der Waals surface area contributed by atoms with E-state index in [1.165, 1.54) is 0 Å². The lowest BCUT2D eigenvalue weighted by molar-refractivity contribution is -0.137. The van der Waals surface area contributed by atoms with Crippen molar-refractivity contribution in [1.29, 1.82) is 0 Å². The molecular weight excluding hydrogens is 244 g/mol. The van der Waals surface area contributed by atoms with Crippen molar-refractivity contribution in [3.8, 4) is 0 Å². The summed E-state index contributed by atoms with van der Waals surface area (Å²) in [5, 5.41) is 11.5. The summed E-state index contributed by atoms with van der Waals surface area (Å²) in [5.74, 6) is -0.0000302. The molecule has 0 bridgehead atoms. The van der Waals surface area contributed by atoms with Crippen LogP contribution in [0.1, 0.15) is 47.5 Å². The molecule has 112 valence electrons. The van der Waals surface area contributed by atoms with Gasteiger partial charge in [-0.2, -0.15) is 0 Å². The van der Waals surface area contributed by atoms with Gasteiger partial charge in [0.1, 0.15) is 0 Å². The lowest BCUT2D eigenvalue weighted by atomic mass is 10.1. The normalized spacial score (nSPS) is 12.6. The quantitative estimate of drug-likeness (QED) is 0.713. The standard InChI is InChI=1S/C14H28N2O3/c1-10(2)8-16(9-11(3)4)14(19)15-12(5)6-7-13(17)18/h10-12H,6-9H2,1-5H3,(H,15,19)(H,17,18). The lowest BCUT2D eigenvalue weighted by Gasteiger charge is -2.28. The van der Waals surface area contributed by atoms with E-state index in [1.807, 2.05) is 11.8 Å². The van der Waals surface area contributed by atoms with E-state index < -0.39 is 5.97 Å². The molecule has 0 aromatic rings. The van der Waals surface area contributed by atoms with Gasteiger partial charge < -0.3 is 15.3 Å². The van der Waals surface area contributed by atoms with Gasteiger partial charge in [0, 0.05) is 25.6 Å². The Hall–Kier alpha value is -1.26. The third-order valence-electron chi connectivity index (χ3n) is 2.62. The number of nitrogens with one attached hydrogen (secondary N) is 1. The van der Waals surface area contributed by atoms with Gasteiger partial charge in [0.05, 0.1) is 0 Å². The first-order chi connectivity index (χ1) is 8.72. The van der Waals surface area contributed by atoms with Crippen LogP contribution >= 0.6 is 0 Å². The average molecular weight is 272 g/mol. The molecule has 0 saturated carbocycles.